The molecule has 5 nitrogen and oxygen atoms in total. The fourth-order valence-electron chi connectivity index (χ4n) is 1.62. The van der Waals surface area contributed by atoms with Gasteiger partial charge in [0.05, 0.1) is 7.05 Å². The highest BCUT2D eigenvalue weighted by Crippen LogP contribution is 2.22. The second-order valence-corrected chi connectivity index (χ2v) is 5.19. The normalized spacial score (nSPS) is 12.6. The average molecular weight is 281 g/mol. The van der Waals surface area contributed by atoms with Crippen LogP contribution in [0.15, 0.2) is 29.2 Å². The van der Waals surface area contributed by atoms with Gasteiger partial charge in [0.1, 0.15) is 5.82 Å². The summed E-state index contributed by atoms with van der Waals surface area (Å²) in [6.07, 6.45) is 0.672. The lowest BCUT2D eigenvalue weighted by atomic mass is 10.2. The first-order valence-corrected chi connectivity index (χ1v) is 6.95. The van der Waals surface area contributed by atoms with Gasteiger partial charge in [0.25, 0.3) is 0 Å². The van der Waals surface area contributed by atoms with E-state index in [4.69, 9.17) is 0 Å². The van der Waals surface area contributed by atoms with E-state index >= 15 is 0 Å². The van der Waals surface area contributed by atoms with E-state index in [9.17, 15) is 4.39 Å². The van der Waals surface area contributed by atoms with Gasteiger partial charge in [-0.15, -0.1) is 22.0 Å². The summed E-state index contributed by atoms with van der Waals surface area (Å²) in [5, 5.41) is 15.1. The van der Waals surface area contributed by atoms with Crippen molar-refractivity contribution in [1.29, 1.82) is 0 Å². The Bertz CT molecular complexity index is 530. The zero-order valence-electron chi connectivity index (χ0n) is 10.9. The molecule has 0 aliphatic carbocycles. The van der Waals surface area contributed by atoms with E-state index in [1.54, 1.807) is 19.2 Å². The van der Waals surface area contributed by atoms with Gasteiger partial charge in [0, 0.05) is 23.1 Å². The van der Waals surface area contributed by atoms with Crippen LogP contribution in [-0.4, -0.2) is 39.0 Å². The molecule has 0 spiro atoms. The maximum absolute atomic E-state index is 13.5. The Kier molecular flexibility index (Phi) is 4.86. The Morgan fingerprint density at radius 1 is 1.42 bits per heavy atom. The molecular weight excluding hydrogens is 265 g/mol. The fourth-order valence-corrected chi connectivity index (χ4v) is 2.67. The second kappa shape index (κ2) is 6.63. The summed E-state index contributed by atoms with van der Waals surface area (Å²) in [6, 6.07) is 6.96. The minimum Gasteiger partial charge on any atom is -0.316 e. The monoisotopic (exact) mass is 281 g/mol. The third kappa shape index (κ3) is 4.00. The summed E-state index contributed by atoms with van der Waals surface area (Å²) in [4.78, 5) is 2.10. The topological polar surface area (TPSA) is 55.6 Å². The van der Waals surface area contributed by atoms with Gasteiger partial charge >= 0.3 is 0 Å². The molecule has 0 saturated heterocycles. The van der Waals surface area contributed by atoms with Crippen LogP contribution in [0.3, 0.4) is 0 Å². The Morgan fingerprint density at radius 3 is 2.84 bits per heavy atom. The van der Waals surface area contributed by atoms with E-state index in [-0.39, 0.29) is 11.9 Å². The summed E-state index contributed by atoms with van der Waals surface area (Å²) in [6.45, 7) is 0. The minimum atomic E-state index is -0.181. The maximum atomic E-state index is 13.5. The number of aryl methyl sites for hydroxylation is 1. The first kappa shape index (κ1) is 14.0. The first-order chi connectivity index (χ1) is 9.19. The summed E-state index contributed by atoms with van der Waals surface area (Å²) in [5.74, 6) is 1.26. The van der Waals surface area contributed by atoms with Gasteiger partial charge in [-0.25, -0.2) is 4.39 Å². The number of hydrogen-bond acceptors (Lipinski definition) is 5. The quantitative estimate of drug-likeness (QED) is 0.808. The molecule has 0 aliphatic rings. The van der Waals surface area contributed by atoms with Gasteiger partial charge in [-0.05, 0) is 24.4 Å². The van der Waals surface area contributed by atoms with E-state index in [0.717, 1.165) is 5.75 Å². The Labute approximate surface area is 115 Å². The number of nitrogens with zero attached hydrogens (tertiary/aromatic N) is 4. The lowest BCUT2D eigenvalue weighted by Gasteiger charge is -2.13. The van der Waals surface area contributed by atoms with Crippen LogP contribution in [0.5, 0.6) is 0 Å². The van der Waals surface area contributed by atoms with Gasteiger partial charge in [-0.2, -0.15) is 4.80 Å². The van der Waals surface area contributed by atoms with E-state index in [1.165, 1.54) is 22.6 Å². The Hall–Kier alpha value is -1.47. The number of hydrogen-bond donors (Lipinski definition) is 1. The van der Waals surface area contributed by atoms with Crippen molar-refractivity contribution in [2.45, 2.75) is 17.4 Å². The van der Waals surface area contributed by atoms with Crippen molar-refractivity contribution in [1.82, 2.24) is 25.5 Å². The van der Waals surface area contributed by atoms with Crippen LogP contribution in [0.1, 0.15) is 5.82 Å². The maximum Gasteiger partial charge on any atom is 0.176 e. The molecule has 1 heterocycles. The van der Waals surface area contributed by atoms with Crippen molar-refractivity contribution < 1.29 is 4.39 Å². The Morgan fingerprint density at radius 2 is 2.21 bits per heavy atom. The van der Waals surface area contributed by atoms with E-state index in [1.807, 2.05) is 13.1 Å². The summed E-state index contributed by atoms with van der Waals surface area (Å²) in [5.41, 5.74) is 0. The molecule has 0 bridgehead atoms. The lowest BCUT2D eigenvalue weighted by molar-refractivity contribution is 0.587. The van der Waals surface area contributed by atoms with Crippen LogP contribution < -0.4 is 5.32 Å². The van der Waals surface area contributed by atoms with Crippen molar-refractivity contribution in [2.24, 2.45) is 7.05 Å². The molecule has 1 unspecified atom stereocenters. The summed E-state index contributed by atoms with van der Waals surface area (Å²) in [7, 11) is 3.61. The third-order valence-electron chi connectivity index (χ3n) is 2.66. The first-order valence-electron chi connectivity index (χ1n) is 5.96. The summed E-state index contributed by atoms with van der Waals surface area (Å²) >= 11 is 1.49. The van der Waals surface area contributed by atoms with Gasteiger partial charge < -0.3 is 5.32 Å². The van der Waals surface area contributed by atoms with Crippen LogP contribution in [-0.2, 0) is 13.5 Å². The Balaban J connectivity index is 1.91. The average Bonchev–Trinajstić information content (AvgIpc) is 2.81. The zero-order valence-corrected chi connectivity index (χ0v) is 11.7. The predicted octanol–water partition coefficient (Wildman–Crippen LogP) is 1.27. The number of tetrazole rings is 1. The molecule has 0 saturated carbocycles. The molecule has 0 radical (unpaired) electrons. The standard InChI is InChI=1S/C12H16FN5S/c1-14-9(7-12-15-17-18(2)16-12)8-19-11-6-4-3-5-10(11)13/h3-6,9,14H,7-8H2,1-2H3. The third-order valence-corrected chi connectivity index (χ3v) is 3.87. The molecule has 1 atom stereocenters. The van der Waals surface area contributed by atoms with E-state index in [0.29, 0.717) is 17.1 Å². The molecule has 1 N–H and O–H groups in total. The fraction of sp³-hybridized carbons (Fsp3) is 0.417. The number of halogens is 1. The van der Waals surface area contributed by atoms with E-state index in [2.05, 4.69) is 20.7 Å². The number of likely N-dealkylation sites (N-methyl/N-ethyl adjacent to an activating group) is 1. The molecule has 2 rings (SSSR count). The van der Waals surface area contributed by atoms with Crippen molar-refractivity contribution in [3.63, 3.8) is 0 Å². The largest absolute Gasteiger partial charge is 0.316 e. The molecule has 0 fully saturated rings. The van der Waals surface area contributed by atoms with Crippen LogP contribution in [0.25, 0.3) is 0 Å². The van der Waals surface area contributed by atoms with Gasteiger partial charge in [0.2, 0.25) is 0 Å². The number of benzene rings is 1. The van der Waals surface area contributed by atoms with Crippen molar-refractivity contribution in [2.75, 3.05) is 12.8 Å². The van der Waals surface area contributed by atoms with Crippen LogP contribution >= 0.6 is 11.8 Å². The number of rotatable bonds is 6. The van der Waals surface area contributed by atoms with E-state index < -0.39 is 0 Å². The molecule has 102 valence electrons. The van der Waals surface area contributed by atoms with Crippen LogP contribution in [0, 0.1) is 5.82 Å². The highest BCUT2D eigenvalue weighted by molar-refractivity contribution is 7.99. The number of thioether (sulfide) groups is 1. The molecule has 19 heavy (non-hydrogen) atoms. The minimum absolute atomic E-state index is 0.175. The molecule has 0 aliphatic heterocycles. The highest BCUT2D eigenvalue weighted by atomic mass is 32.2. The van der Waals surface area contributed by atoms with Gasteiger partial charge in [-0.1, -0.05) is 12.1 Å². The zero-order chi connectivity index (χ0) is 13.7. The number of nitrogens with one attached hydrogen (secondary N) is 1. The predicted molar refractivity (Wildman–Crippen MR) is 72.5 cm³/mol. The van der Waals surface area contributed by atoms with Crippen molar-refractivity contribution in [3.8, 4) is 0 Å². The molecule has 0 amide bonds. The highest BCUT2D eigenvalue weighted by Gasteiger charge is 2.12. The van der Waals surface area contributed by atoms with Gasteiger partial charge in [0.15, 0.2) is 5.82 Å². The SMILES string of the molecule is CNC(CSc1ccccc1F)Cc1nnn(C)n1. The second-order valence-electron chi connectivity index (χ2n) is 4.13. The molecular formula is C12H16FN5S. The molecule has 1 aromatic heterocycles. The van der Waals surface area contributed by atoms with Gasteiger partial charge in [-0.3, -0.25) is 0 Å². The van der Waals surface area contributed by atoms with Crippen LogP contribution in [0.2, 0.25) is 0 Å². The smallest absolute Gasteiger partial charge is 0.176 e. The van der Waals surface area contributed by atoms with Crippen molar-refractivity contribution >= 4 is 11.8 Å². The van der Waals surface area contributed by atoms with Crippen LogP contribution in [0.4, 0.5) is 4.39 Å². The number of aromatic nitrogens is 4. The summed E-state index contributed by atoms with van der Waals surface area (Å²) < 4.78 is 13.5. The molecule has 2 aromatic rings. The molecule has 1 aromatic carbocycles. The lowest BCUT2D eigenvalue weighted by Crippen LogP contribution is -2.30. The molecule has 7 heteroatoms. The van der Waals surface area contributed by atoms with Crippen molar-refractivity contribution in [3.05, 3.63) is 35.9 Å².